The number of hydrogen-bond donors (Lipinski definition) is 1. The van der Waals surface area contributed by atoms with Crippen molar-refractivity contribution in [3.8, 4) is 0 Å². The average molecular weight is 351 g/mol. The van der Waals surface area contributed by atoms with Gasteiger partial charge < -0.3 is 5.32 Å². The summed E-state index contributed by atoms with van der Waals surface area (Å²) in [6.07, 6.45) is 4.30. The first-order valence-electron chi connectivity index (χ1n) is 9.32. The maximum atomic E-state index is 4.69. The van der Waals surface area contributed by atoms with Crippen molar-refractivity contribution in [1.82, 2.24) is 9.78 Å². The van der Waals surface area contributed by atoms with Crippen LogP contribution >= 0.6 is 0 Å². The fraction of sp³-hybridized carbons (Fsp3) is 0.125. The topological polar surface area (TPSA) is 29.9 Å². The Morgan fingerprint density at radius 3 is 2.56 bits per heavy atom. The van der Waals surface area contributed by atoms with Crippen molar-refractivity contribution in [2.24, 2.45) is 0 Å². The number of allylic oxidation sites excluding steroid dienone is 2. The van der Waals surface area contributed by atoms with E-state index in [4.69, 9.17) is 0 Å². The van der Waals surface area contributed by atoms with Gasteiger partial charge in [-0.25, -0.2) is 4.68 Å². The SMILES string of the molecule is CC1=CC(c2ccc3ccccc3c2)c2cnn(Cc3ccccc3)c2N1. The summed E-state index contributed by atoms with van der Waals surface area (Å²) in [5, 5.41) is 10.8. The second kappa shape index (κ2) is 6.44. The number of hydrogen-bond acceptors (Lipinski definition) is 2. The lowest BCUT2D eigenvalue weighted by molar-refractivity contribution is 0.692. The lowest BCUT2D eigenvalue weighted by Crippen LogP contribution is -2.14. The predicted octanol–water partition coefficient (Wildman–Crippen LogP) is 5.55. The van der Waals surface area contributed by atoms with Gasteiger partial charge in [-0.3, -0.25) is 0 Å². The van der Waals surface area contributed by atoms with Crippen LogP contribution in [0.2, 0.25) is 0 Å². The summed E-state index contributed by atoms with van der Waals surface area (Å²) in [6.45, 7) is 2.89. The maximum Gasteiger partial charge on any atom is 0.132 e. The summed E-state index contributed by atoms with van der Waals surface area (Å²) < 4.78 is 2.06. The molecule has 0 radical (unpaired) electrons. The largest absolute Gasteiger partial charge is 0.344 e. The summed E-state index contributed by atoms with van der Waals surface area (Å²) in [6, 6.07) is 25.7. The van der Waals surface area contributed by atoms with Crippen LogP contribution in [0.1, 0.15) is 29.5 Å². The van der Waals surface area contributed by atoms with E-state index in [0.29, 0.717) is 0 Å². The van der Waals surface area contributed by atoms with E-state index in [-0.39, 0.29) is 5.92 Å². The first kappa shape index (κ1) is 15.9. The van der Waals surface area contributed by atoms with E-state index in [2.05, 4.69) is 94.8 Å². The van der Waals surface area contributed by atoms with Crippen LogP contribution in [0.3, 0.4) is 0 Å². The monoisotopic (exact) mass is 351 g/mol. The molecule has 132 valence electrons. The molecular formula is C24H21N3. The average Bonchev–Trinajstić information content (AvgIpc) is 3.10. The van der Waals surface area contributed by atoms with Crippen LogP contribution in [-0.2, 0) is 6.54 Å². The van der Waals surface area contributed by atoms with Gasteiger partial charge in [0.15, 0.2) is 0 Å². The van der Waals surface area contributed by atoms with E-state index < -0.39 is 0 Å². The third-order valence-corrected chi connectivity index (χ3v) is 5.24. The van der Waals surface area contributed by atoms with E-state index in [1.165, 1.54) is 27.5 Å². The minimum atomic E-state index is 0.218. The van der Waals surface area contributed by atoms with Gasteiger partial charge in [-0.1, -0.05) is 78.9 Å². The lowest BCUT2D eigenvalue weighted by Gasteiger charge is -2.23. The Kier molecular flexibility index (Phi) is 3.79. The normalized spacial score (nSPS) is 15.9. The molecule has 5 rings (SSSR count). The lowest BCUT2D eigenvalue weighted by atomic mass is 9.88. The van der Waals surface area contributed by atoms with Crippen LogP contribution in [0.15, 0.2) is 90.8 Å². The highest BCUT2D eigenvalue weighted by molar-refractivity contribution is 5.83. The summed E-state index contributed by atoms with van der Waals surface area (Å²) in [7, 11) is 0. The number of aromatic nitrogens is 2. The van der Waals surface area contributed by atoms with Crippen molar-refractivity contribution in [3.05, 3.63) is 107 Å². The molecule has 0 saturated carbocycles. The molecule has 1 N–H and O–H groups in total. The molecule has 0 saturated heterocycles. The van der Waals surface area contributed by atoms with Crippen molar-refractivity contribution in [2.45, 2.75) is 19.4 Å². The number of anilines is 1. The molecule has 3 heteroatoms. The third-order valence-electron chi connectivity index (χ3n) is 5.24. The van der Waals surface area contributed by atoms with Gasteiger partial charge in [-0.2, -0.15) is 5.10 Å². The Morgan fingerprint density at radius 1 is 0.926 bits per heavy atom. The summed E-state index contributed by atoms with van der Waals surface area (Å²) in [5.74, 6) is 1.31. The minimum absolute atomic E-state index is 0.218. The molecule has 3 nitrogen and oxygen atoms in total. The van der Waals surface area contributed by atoms with Gasteiger partial charge in [0.05, 0.1) is 12.7 Å². The Balaban J connectivity index is 1.56. The number of fused-ring (bicyclic) bond motifs is 2. The van der Waals surface area contributed by atoms with Crippen LogP contribution < -0.4 is 5.32 Å². The van der Waals surface area contributed by atoms with Gasteiger partial charge in [-0.15, -0.1) is 0 Å². The molecule has 27 heavy (non-hydrogen) atoms. The summed E-state index contributed by atoms with van der Waals surface area (Å²) in [4.78, 5) is 0. The molecule has 0 spiro atoms. The fourth-order valence-corrected chi connectivity index (χ4v) is 3.89. The predicted molar refractivity (Wildman–Crippen MR) is 111 cm³/mol. The Hall–Kier alpha value is -3.33. The van der Waals surface area contributed by atoms with Crippen LogP contribution in [0, 0.1) is 0 Å². The van der Waals surface area contributed by atoms with Crippen LogP contribution in [0.5, 0.6) is 0 Å². The van der Waals surface area contributed by atoms with E-state index in [0.717, 1.165) is 18.1 Å². The second-order valence-corrected chi connectivity index (χ2v) is 7.15. The molecular weight excluding hydrogens is 330 g/mol. The van der Waals surface area contributed by atoms with E-state index in [1.54, 1.807) is 0 Å². The molecule has 1 aliphatic heterocycles. The van der Waals surface area contributed by atoms with Crippen molar-refractivity contribution in [2.75, 3.05) is 5.32 Å². The molecule has 0 bridgehead atoms. The molecule has 1 aliphatic rings. The summed E-state index contributed by atoms with van der Waals surface area (Å²) in [5.41, 5.74) is 4.94. The molecule has 1 unspecified atom stereocenters. The maximum absolute atomic E-state index is 4.69. The van der Waals surface area contributed by atoms with Crippen LogP contribution in [-0.4, -0.2) is 9.78 Å². The molecule has 2 heterocycles. The zero-order chi connectivity index (χ0) is 18.2. The van der Waals surface area contributed by atoms with Gasteiger partial charge in [0.25, 0.3) is 0 Å². The van der Waals surface area contributed by atoms with Crippen LogP contribution in [0.25, 0.3) is 10.8 Å². The van der Waals surface area contributed by atoms with Gasteiger partial charge in [-0.05, 0) is 28.8 Å². The standard InChI is InChI=1S/C24H21N3/c1-17-13-22(21-12-11-19-9-5-6-10-20(19)14-21)23-15-25-27(24(23)26-17)16-18-7-3-2-4-8-18/h2-15,22,26H,16H2,1H3. The Labute approximate surface area is 159 Å². The van der Waals surface area contributed by atoms with Crippen molar-refractivity contribution in [3.63, 3.8) is 0 Å². The first-order chi connectivity index (χ1) is 13.3. The quantitative estimate of drug-likeness (QED) is 0.525. The van der Waals surface area contributed by atoms with Crippen molar-refractivity contribution >= 4 is 16.6 Å². The molecule has 1 aromatic heterocycles. The number of rotatable bonds is 3. The first-order valence-corrected chi connectivity index (χ1v) is 9.32. The molecule has 4 aromatic rings. The zero-order valence-corrected chi connectivity index (χ0v) is 15.3. The number of nitrogens with zero attached hydrogens (tertiary/aromatic N) is 2. The fourth-order valence-electron chi connectivity index (χ4n) is 3.89. The van der Waals surface area contributed by atoms with E-state index >= 15 is 0 Å². The molecule has 1 atom stereocenters. The highest BCUT2D eigenvalue weighted by Crippen LogP contribution is 2.37. The molecule has 0 fully saturated rings. The van der Waals surface area contributed by atoms with Crippen LogP contribution in [0.4, 0.5) is 5.82 Å². The third kappa shape index (κ3) is 2.91. The second-order valence-electron chi connectivity index (χ2n) is 7.15. The Bertz CT molecular complexity index is 1140. The van der Waals surface area contributed by atoms with Gasteiger partial charge in [0.2, 0.25) is 0 Å². The van der Waals surface area contributed by atoms with Gasteiger partial charge in [0.1, 0.15) is 5.82 Å². The number of benzene rings is 3. The molecule has 0 amide bonds. The highest BCUT2D eigenvalue weighted by Gasteiger charge is 2.24. The Morgan fingerprint density at radius 2 is 1.70 bits per heavy atom. The molecule has 0 aliphatic carbocycles. The van der Waals surface area contributed by atoms with Crippen molar-refractivity contribution < 1.29 is 0 Å². The minimum Gasteiger partial charge on any atom is -0.344 e. The highest BCUT2D eigenvalue weighted by atomic mass is 15.3. The van der Waals surface area contributed by atoms with Gasteiger partial charge in [0, 0.05) is 17.2 Å². The number of nitrogens with one attached hydrogen (secondary N) is 1. The zero-order valence-electron chi connectivity index (χ0n) is 15.3. The summed E-state index contributed by atoms with van der Waals surface area (Å²) >= 11 is 0. The molecule has 3 aromatic carbocycles. The van der Waals surface area contributed by atoms with Gasteiger partial charge >= 0.3 is 0 Å². The smallest absolute Gasteiger partial charge is 0.132 e. The van der Waals surface area contributed by atoms with Crippen molar-refractivity contribution in [1.29, 1.82) is 0 Å². The van der Waals surface area contributed by atoms with E-state index in [9.17, 15) is 0 Å². The van der Waals surface area contributed by atoms with E-state index in [1.807, 2.05) is 12.3 Å².